The van der Waals surface area contributed by atoms with Gasteiger partial charge < -0.3 is 9.73 Å². The number of hydrogen-bond donors (Lipinski definition) is 1. The zero-order valence-corrected chi connectivity index (χ0v) is 15.4. The first-order valence-corrected chi connectivity index (χ1v) is 8.25. The number of benzene rings is 1. The number of hydrogen-bond acceptors (Lipinski definition) is 4. The summed E-state index contributed by atoms with van der Waals surface area (Å²) in [7, 11) is 0. The van der Waals surface area contributed by atoms with E-state index >= 15 is 0 Å². The van der Waals surface area contributed by atoms with Crippen molar-refractivity contribution in [2.45, 2.75) is 32.7 Å². The first-order valence-electron chi connectivity index (χ1n) is 6.38. The van der Waals surface area contributed by atoms with Crippen LogP contribution in [0.15, 0.2) is 27.1 Å². The molecule has 108 valence electrons. The Morgan fingerprint density at radius 1 is 1.30 bits per heavy atom. The van der Waals surface area contributed by atoms with E-state index < -0.39 is 0 Å². The molecule has 0 saturated carbocycles. The summed E-state index contributed by atoms with van der Waals surface area (Å²) < 4.78 is 7.83. The standard InChI is InChI=1S/C14H17BrIN3O/c1-14(2,3)17-7-6-12-18-19-13(20-12)10-8-9(15)4-5-11(10)16/h4-5,8,17H,6-7H2,1-3H3. The maximum atomic E-state index is 5.73. The Hall–Kier alpha value is -0.470. The molecule has 0 aliphatic carbocycles. The predicted octanol–water partition coefficient (Wildman–Crippen LogP) is 4.03. The van der Waals surface area contributed by atoms with Crippen molar-refractivity contribution < 1.29 is 4.42 Å². The third-order valence-electron chi connectivity index (χ3n) is 2.62. The zero-order chi connectivity index (χ0) is 14.8. The molecule has 0 fully saturated rings. The molecule has 0 bridgehead atoms. The molecule has 1 heterocycles. The molecule has 0 radical (unpaired) electrons. The maximum absolute atomic E-state index is 5.73. The van der Waals surface area contributed by atoms with E-state index in [9.17, 15) is 0 Å². The van der Waals surface area contributed by atoms with Crippen molar-refractivity contribution in [2.75, 3.05) is 6.54 Å². The van der Waals surface area contributed by atoms with Crippen LogP contribution in [-0.4, -0.2) is 22.3 Å². The van der Waals surface area contributed by atoms with Crippen LogP contribution in [0.2, 0.25) is 0 Å². The van der Waals surface area contributed by atoms with E-state index in [0.29, 0.717) is 11.8 Å². The molecule has 1 N–H and O–H groups in total. The minimum Gasteiger partial charge on any atom is -0.421 e. The number of rotatable bonds is 4. The monoisotopic (exact) mass is 449 g/mol. The Labute approximate surface area is 141 Å². The van der Waals surface area contributed by atoms with E-state index in [-0.39, 0.29) is 5.54 Å². The minimum absolute atomic E-state index is 0.0997. The van der Waals surface area contributed by atoms with Gasteiger partial charge in [0.1, 0.15) is 0 Å². The van der Waals surface area contributed by atoms with Crippen LogP contribution in [0, 0.1) is 3.57 Å². The molecule has 0 spiro atoms. The van der Waals surface area contributed by atoms with Gasteiger partial charge in [-0.2, -0.15) is 0 Å². The smallest absolute Gasteiger partial charge is 0.248 e. The summed E-state index contributed by atoms with van der Waals surface area (Å²) in [5, 5.41) is 11.6. The lowest BCUT2D eigenvalue weighted by Crippen LogP contribution is -2.37. The van der Waals surface area contributed by atoms with Gasteiger partial charge in [-0.1, -0.05) is 15.9 Å². The van der Waals surface area contributed by atoms with E-state index in [1.165, 1.54) is 0 Å². The predicted molar refractivity (Wildman–Crippen MR) is 91.6 cm³/mol. The Morgan fingerprint density at radius 2 is 2.05 bits per heavy atom. The van der Waals surface area contributed by atoms with Crippen molar-refractivity contribution in [1.29, 1.82) is 0 Å². The Balaban J connectivity index is 2.07. The molecule has 0 atom stereocenters. The first-order chi connectivity index (χ1) is 9.35. The van der Waals surface area contributed by atoms with Gasteiger partial charge in [-0.3, -0.25) is 0 Å². The van der Waals surface area contributed by atoms with Crippen LogP contribution in [0.25, 0.3) is 11.5 Å². The molecule has 2 rings (SSSR count). The fourth-order valence-electron chi connectivity index (χ4n) is 1.67. The van der Waals surface area contributed by atoms with Crippen LogP contribution in [0.5, 0.6) is 0 Å². The van der Waals surface area contributed by atoms with Gasteiger partial charge in [0.05, 0.1) is 5.56 Å². The molecule has 0 amide bonds. The molecule has 6 heteroatoms. The van der Waals surface area contributed by atoms with Crippen molar-refractivity contribution in [2.24, 2.45) is 0 Å². The number of nitrogens with zero attached hydrogens (tertiary/aromatic N) is 2. The Morgan fingerprint density at radius 3 is 2.75 bits per heavy atom. The largest absolute Gasteiger partial charge is 0.421 e. The zero-order valence-electron chi connectivity index (χ0n) is 11.7. The quantitative estimate of drug-likeness (QED) is 0.716. The van der Waals surface area contributed by atoms with Gasteiger partial charge in [0.25, 0.3) is 0 Å². The van der Waals surface area contributed by atoms with Gasteiger partial charge in [-0.05, 0) is 61.6 Å². The molecule has 4 nitrogen and oxygen atoms in total. The first kappa shape index (κ1) is 15.9. The lowest BCUT2D eigenvalue weighted by atomic mass is 10.1. The van der Waals surface area contributed by atoms with Crippen LogP contribution in [-0.2, 0) is 6.42 Å². The van der Waals surface area contributed by atoms with E-state index in [1.807, 2.05) is 18.2 Å². The summed E-state index contributed by atoms with van der Waals surface area (Å²) in [5.41, 5.74) is 1.06. The molecule has 20 heavy (non-hydrogen) atoms. The molecule has 0 aliphatic heterocycles. The fourth-order valence-corrected chi connectivity index (χ4v) is 2.60. The van der Waals surface area contributed by atoms with Crippen molar-refractivity contribution in [3.63, 3.8) is 0 Å². The van der Waals surface area contributed by atoms with Crippen LogP contribution in [0.1, 0.15) is 26.7 Å². The average molecular weight is 450 g/mol. The van der Waals surface area contributed by atoms with Gasteiger partial charge in [-0.15, -0.1) is 10.2 Å². The Kier molecular flexibility index (Phi) is 5.19. The molecular formula is C14H17BrIN3O. The van der Waals surface area contributed by atoms with Crippen molar-refractivity contribution >= 4 is 38.5 Å². The van der Waals surface area contributed by atoms with Crippen LogP contribution in [0.3, 0.4) is 0 Å². The molecule has 1 aromatic carbocycles. The summed E-state index contributed by atoms with van der Waals surface area (Å²) in [6.45, 7) is 7.23. The molecule has 0 aliphatic rings. The van der Waals surface area contributed by atoms with E-state index in [1.54, 1.807) is 0 Å². The lowest BCUT2D eigenvalue weighted by Gasteiger charge is -2.19. The van der Waals surface area contributed by atoms with Gasteiger partial charge >= 0.3 is 0 Å². The van der Waals surface area contributed by atoms with Crippen molar-refractivity contribution in [1.82, 2.24) is 15.5 Å². The van der Waals surface area contributed by atoms with Crippen molar-refractivity contribution in [3.8, 4) is 11.5 Å². The highest BCUT2D eigenvalue weighted by Gasteiger charge is 2.13. The van der Waals surface area contributed by atoms with Crippen molar-refractivity contribution in [3.05, 3.63) is 32.1 Å². The molecule has 0 saturated heterocycles. The minimum atomic E-state index is 0.0997. The number of halogens is 2. The third kappa shape index (κ3) is 4.53. The molecule has 1 aromatic heterocycles. The second-order valence-electron chi connectivity index (χ2n) is 5.55. The van der Waals surface area contributed by atoms with Gasteiger partial charge in [0, 0.05) is 26.5 Å². The van der Waals surface area contributed by atoms with Gasteiger partial charge in [-0.25, -0.2) is 0 Å². The number of aromatic nitrogens is 2. The summed E-state index contributed by atoms with van der Waals surface area (Å²) in [6, 6.07) is 6.01. The van der Waals surface area contributed by atoms with Crippen LogP contribution >= 0.6 is 38.5 Å². The molecule has 2 aromatic rings. The SMILES string of the molecule is CC(C)(C)NCCc1nnc(-c2cc(Br)ccc2I)o1. The maximum Gasteiger partial charge on any atom is 0.248 e. The second-order valence-corrected chi connectivity index (χ2v) is 7.63. The summed E-state index contributed by atoms with van der Waals surface area (Å²) >= 11 is 5.73. The average Bonchev–Trinajstić information content (AvgIpc) is 2.79. The molecule has 0 unspecified atom stereocenters. The summed E-state index contributed by atoms with van der Waals surface area (Å²) in [4.78, 5) is 0. The highest BCUT2D eigenvalue weighted by atomic mass is 127. The lowest BCUT2D eigenvalue weighted by molar-refractivity contribution is 0.412. The fraction of sp³-hybridized carbons (Fsp3) is 0.429. The number of nitrogens with one attached hydrogen (secondary N) is 1. The topological polar surface area (TPSA) is 51.0 Å². The Bertz CT molecular complexity index is 592. The third-order valence-corrected chi connectivity index (χ3v) is 4.05. The van der Waals surface area contributed by atoms with Gasteiger partial charge in [0.2, 0.25) is 11.8 Å². The summed E-state index contributed by atoms with van der Waals surface area (Å²) in [5.74, 6) is 1.23. The second kappa shape index (κ2) is 6.53. The highest BCUT2D eigenvalue weighted by molar-refractivity contribution is 14.1. The van der Waals surface area contributed by atoms with Gasteiger partial charge in [0.15, 0.2) is 0 Å². The van der Waals surface area contributed by atoms with Crippen LogP contribution < -0.4 is 5.32 Å². The van der Waals surface area contributed by atoms with E-state index in [2.05, 4.69) is 74.8 Å². The normalized spacial score (nSPS) is 11.8. The molecular weight excluding hydrogens is 433 g/mol. The summed E-state index contributed by atoms with van der Waals surface area (Å²) in [6.07, 6.45) is 0.731. The van der Waals surface area contributed by atoms with E-state index in [0.717, 1.165) is 26.6 Å². The highest BCUT2D eigenvalue weighted by Crippen LogP contribution is 2.27. The van der Waals surface area contributed by atoms with Crippen LogP contribution in [0.4, 0.5) is 0 Å². The van der Waals surface area contributed by atoms with E-state index in [4.69, 9.17) is 4.42 Å².